The Morgan fingerprint density at radius 3 is 1.89 bits per heavy atom. The molecular weight excluding hydrogens is 622 g/mol. The number of alkyl halides is 6. The monoisotopic (exact) mass is 660 g/mol. The van der Waals surface area contributed by atoms with Gasteiger partial charge in [-0.2, -0.15) is 26.3 Å². The van der Waals surface area contributed by atoms with Gasteiger partial charge in [0.25, 0.3) is 0 Å². The van der Waals surface area contributed by atoms with Gasteiger partial charge in [0.15, 0.2) is 5.75 Å². The maximum atomic E-state index is 13.6. The number of methoxy groups -OCH3 is 1. The van der Waals surface area contributed by atoms with Crippen molar-refractivity contribution < 1.29 is 50.5 Å². The van der Waals surface area contributed by atoms with Gasteiger partial charge in [0.05, 0.1) is 36.5 Å². The minimum atomic E-state index is -5.01. The van der Waals surface area contributed by atoms with E-state index in [-0.39, 0.29) is 59.9 Å². The van der Waals surface area contributed by atoms with E-state index < -0.39 is 35.6 Å². The van der Waals surface area contributed by atoms with Gasteiger partial charge in [0.2, 0.25) is 5.95 Å². The van der Waals surface area contributed by atoms with E-state index in [1.807, 2.05) is 13.8 Å². The maximum absolute atomic E-state index is 13.6. The topological polar surface area (TPSA) is 105 Å². The summed E-state index contributed by atoms with van der Waals surface area (Å²) in [6.45, 7) is 3.38. The van der Waals surface area contributed by atoms with Crippen molar-refractivity contribution in [2.75, 3.05) is 12.0 Å². The second-order valence-corrected chi connectivity index (χ2v) is 11.8. The van der Waals surface area contributed by atoms with E-state index in [9.17, 15) is 41.0 Å². The summed E-state index contributed by atoms with van der Waals surface area (Å²) in [6, 6.07) is 0.223. The van der Waals surface area contributed by atoms with Gasteiger partial charge in [-0.25, -0.2) is 14.8 Å². The molecule has 2 fully saturated rings. The van der Waals surface area contributed by atoms with E-state index in [0.717, 1.165) is 12.4 Å². The molecule has 1 unspecified atom stereocenters. The highest BCUT2D eigenvalue weighted by molar-refractivity contribution is 5.72. The Morgan fingerprint density at radius 1 is 0.913 bits per heavy atom. The highest BCUT2D eigenvalue weighted by Crippen LogP contribution is 2.39. The number of aromatic hydroxyl groups is 1. The number of rotatable bonds is 8. The van der Waals surface area contributed by atoms with Crippen LogP contribution in [0.5, 0.6) is 5.75 Å². The van der Waals surface area contributed by atoms with E-state index in [2.05, 4.69) is 9.97 Å². The van der Waals surface area contributed by atoms with Crippen LogP contribution in [0.15, 0.2) is 30.6 Å². The molecule has 1 saturated heterocycles. The second-order valence-electron chi connectivity index (χ2n) is 11.8. The van der Waals surface area contributed by atoms with Gasteiger partial charge < -0.3 is 24.4 Å². The van der Waals surface area contributed by atoms with Gasteiger partial charge in [-0.05, 0) is 75.1 Å². The summed E-state index contributed by atoms with van der Waals surface area (Å²) >= 11 is 0. The molecule has 254 valence electrons. The Kier molecular flexibility index (Phi) is 10.9. The number of hydrogen-bond acceptors (Lipinski definition) is 8. The molecule has 1 aliphatic carbocycles. The highest BCUT2D eigenvalue weighted by atomic mass is 19.4. The summed E-state index contributed by atoms with van der Waals surface area (Å²) in [5.41, 5.74) is -3.11. The van der Waals surface area contributed by atoms with Gasteiger partial charge in [-0.15, -0.1) is 0 Å². The first kappa shape index (κ1) is 35.1. The quantitative estimate of drug-likeness (QED) is 0.236. The van der Waals surface area contributed by atoms with Gasteiger partial charge in [-0.1, -0.05) is 13.8 Å². The van der Waals surface area contributed by atoms with E-state index in [0.29, 0.717) is 63.5 Å². The zero-order valence-electron chi connectivity index (χ0n) is 25.8. The molecule has 1 aromatic carbocycles. The van der Waals surface area contributed by atoms with E-state index in [1.54, 1.807) is 4.90 Å². The van der Waals surface area contributed by atoms with Crippen LogP contribution in [-0.4, -0.2) is 63.4 Å². The van der Waals surface area contributed by atoms with Crippen molar-refractivity contribution in [3.8, 4) is 5.75 Å². The van der Waals surface area contributed by atoms with Crippen LogP contribution in [0.4, 0.5) is 37.1 Å². The average Bonchev–Trinajstić information content (AvgIpc) is 3.02. The second kappa shape index (κ2) is 14.3. The summed E-state index contributed by atoms with van der Waals surface area (Å²) < 4.78 is 92.6. The maximum Gasteiger partial charge on any atom is 0.416 e. The molecule has 0 radical (unpaired) electrons. The zero-order chi connectivity index (χ0) is 33.8. The molecule has 0 spiro atoms. The van der Waals surface area contributed by atoms with Crippen LogP contribution in [0.2, 0.25) is 0 Å². The average molecular weight is 661 g/mol. The lowest BCUT2D eigenvalue weighted by molar-refractivity contribution is -0.147. The van der Waals surface area contributed by atoms with E-state index >= 15 is 0 Å². The molecule has 4 rings (SSSR count). The number of likely N-dealkylation sites (tertiary alicyclic amines) is 1. The number of esters is 1. The Balaban J connectivity index is 1.60. The van der Waals surface area contributed by atoms with Crippen LogP contribution in [0.3, 0.4) is 0 Å². The molecule has 46 heavy (non-hydrogen) atoms. The lowest BCUT2D eigenvalue weighted by atomic mass is 9.87. The third-order valence-corrected chi connectivity index (χ3v) is 8.83. The van der Waals surface area contributed by atoms with Crippen LogP contribution in [-0.2, 0) is 33.2 Å². The Labute approximate surface area is 262 Å². The predicted octanol–water partition coefficient (Wildman–Crippen LogP) is 7.12. The minimum Gasteiger partial charge on any atom is -0.505 e. The molecule has 1 saturated carbocycles. The van der Waals surface area contributed by atoms with E-state index in [4.69, 9.17) is 9.47 Å². The summed E-state index contributed by atoms with van der Waals surface area (Å²) in [4.78, 5) is 36.9. The predicted molar refractivity (Wildman–Crippen MR) is 154 cm³/mol. The fourth-order valence-corrected chi connectivity index (χ4v) is 6.45. The number of benzene rings is 1. The van der Waals surface area contributed by atoms with Crippen LogP contribution >= 0.6 is 0 Å². The number of carbonyl (C=O) groups is 2. The van der Waals surface area contributed by atoms with Crippen molar-refractivity contribution in [2.45, 2.75) is 108 Å². The molecule has 1 aliphatic heterocycles. The Hall–Kier alpha value is -3.78. The molecule has 2 heterocycles. The van der Waals surface area contributed by atoms with Gasteiger partial charge in [0.1, 0.15) is 6.10 Å². The molecule has 1 N–H and O–H groups in total. The number of ether oxygens (including phenoxy) is 2. The fraction of sp³-hybridized carbons (Fsp3) is 0.613. The normalized spacial score (nSPS) is 23.9. The molecular formula is C31H38F6N4O5. The number of carbonyl (C=O) groups excluding carboxylic acids is 2. The standard InChI is InChI=1S/C31H38F6N4O5/c1-4-22-13-24(14-23(5-2)41(22)29(44)46-26-8-6-19(7-9-26)27(43)45-3)40(28-38-15-25(42)16-39-28)17-18-10-20(30(32,33)34)12-21(11-18)31(35,36)37/h10-12,15-16,19,22-24,26,42H,4-9,13-14,17H2,1-3H3/t19?,22-,23+,24?,26?. The largest absolute Gasteiger partial charge is 0.505 e. The number of piperidine rings is 1. The smallest absolute Gasteiger partial charge is 0.416 e. The molecule has 0 bridgehead atoms. The van der Waals surface area contributed by atoms with Crippen LogP contribution in [0.25, 0.3) is 0 Å². The third-order valence-electron chi connectivity index (χ3n) is 8.83. The van der Waals surface area contributed by atoms with Gasteiger partial charge in [-0.3, -0.25) is 4.79 Å². The van der Waals surface area contributed by atoms with Crippen LogP contribution < -0.4 is 4.90 Å². The fourth-order valence-electron chi connectivity index (χ4n) is 6.45. The molecule has 2 aromatic rings. The summed E-state index contributed by atoms with van der Waals surface area (Å²) in [5.74, 6) is -0.777. The lowest BCUT2D eigenvalue weighted by Gasteiger charge is -2.47. The molecule has 2 aliphatic rings. The minimum absolute atomic E-state index is 0.0110. The number of halogens is 6. The summed E-state index contributed by atoms with van der Waals surface area (Å²) in [6.07, 6.45) is -4.98. The van der Waals surface area contributed by atoms with Crippen molar-refractivity contribution >= 4 is 18.0 Å². The van der Waals surface area contributed by atoms with E-state index in [1.165, 1.54) is 12.0 Å². The van der Waals surface area contributed by atoms with Crippen LogP contribution in [0.1, 0.15) is 81.9 Å². The molecule has 1 amide bonds. The number of nitrogens with zero attached hydrogens (tertiary/aromatic N) is 4. The third kappa shape index (κ3) is 8.32. The Bertz CT molecular complexity index is 1300. The summed E-state index contributed by atoms with van der Waals surface area (Å²) in [7, 11) is 1.34. The Morgan fingerprint density at radius 2 is 1.43 bits per heavy atom. The number of amides is 1. The zero-order valence-corrected chi connectivity index (χ0v) is 25.8. The first-order chi connectivity index (χ1) is 21.6. The number of hydrogen-bond donors (Lipinski definition) is 1. The number of aromatic nitrogens is 2. The van der Waals surface area contributed by atoms with Crippen molar-refractivity contribution in [3.05, 3.63) is 47.3 Å². The molecule has 3 atom stereocenters. The van der Waals surface area contributed by atoms with Gasteiger partial charge in [0, 0.05) is 24.7 Å². The molecule has 1 aromatic heterocycles. The summed E-state index contributed by atoms with van der Waals surface area (Å²) in [5, 5.41) is 9.76. The van der Waals surface area contributed by atoms with Crippen molar-refractivity contribution in [2.24, 2.45) is 5.92 Å². The molecule has 9 nitrogen and oxygen atoms in total. The number of anilines is 1. The van der Waals surface area contributed by atoms with Crippen molar-refractivity contribution in [1.29, 1.82) is 0 Å². The van der Waals surface area contributed by atoms with Crippen LogP contribution in [0, 0.1) is 5.92 Å². The molecule has 15 heteroatoms. The lowest BCUT2D eigenvalue weighted by Crippen LogP contribution is -2.57. The highest BCUT2D eigenvalue weighted by Gasteiger charge is 2.42. The SMILES string of the molecule is CC[C@@H]1CC(N(Cc2cc(C(F)(F)F)cc(C(F)(F)F)c2)c2ncc(O)cn2)C[C@H](CC)N1C(=O)OC1CCC(C(=O)OC)CC1. The first-order valence-electron chi connectivity index (χ1n) is 15.3. The van der Waals surface area contributed by atoms with Crippen molar-refractivity contribution in [1.82, 2.24) is 14.9 Å². The van der Waals surface area contributed by atoms with Crippen molar-refractivity contribution in [3.63, 3.8) is 0 Å². The first-order valence-corrected chi connectivity index (χ1v) is 15.3. The van der Waals surface area contributed by atoms with Gasteiger partial charge >= 0.3 is 24.4 Å².